The number of anilines is 1. The summed E-state index contributed by atoms with van der Waals surface area (Å²) in [5, 5.41) is 13.4. The summed E-state index contributed by atoms with van der Waals surface area (Å²) in [6.45, 7) is 3.79. The lowest BCUT2D eigenvalue weighted by atomic mass is 10.2. The molecule has 0 saturated heterocycles. The fourth-order valence-electron chi connectivity index (χ4n) is 2.11. The summed E-state index contributed by atoms with van der Waals surface area (Å²) in [6.07, 6.45) is -1.11. The summed E-state index contributed by atoms with van der Waals surface area (Å²) in [7, 11) is 0. The van der Waals surface area contributed by atoms with Crippen LogP contribution in [0.3, 0.4) is 0 Å². The van der Waals surface area contributed by atoms with Crippen molar-refractivity contribution < 1.29 is 24.0 Å². The van der Waals surface area contributed by atoms with Crippen LogP contribution in [0.15, 0.2) is 42.5 Å². The molecule has 0 saturated carbocycles. The lowest BCUT2D eigenvalue weighted by Gasteiger charge is -2.14. The molecule has 0 aliphatic heterocycles. The molecule has 2 aromatic rings. The van der Waals surface area contributed by atoms with E-state index in [2.05, 4.69) is 5.32 Å². The first-order valence-electron chi connectivity index (χ1n) is 8.00. The van der Waals surface area contributed by atoms with Crippen LogP contribution in [-0.2, 0) is 9.53 Å². The monoisotopic (exact) mass is 392 g/mol. The van der Waals surface area contributed by atoms with E-state index in [0.717, 1.165) is 6.07 Å². The van der Waals surface area contributed by atoms with Gasteiger partial charge in [-0.3, -0.25) is 14.9 Å². The number of carbonyl (C=O) groups is 2. The molecule has 1 unspecified atom stereocenters. The maximum absolute atomic E-state index is 12.2. The zero-order valence-corrected chi connectivity index (χ0v) is 15.4. The Balaban J connectivity index is 2.00. The molecule has 1 amide bonds. The molecular formula is C18H17ClN2O6. The number of hydrogen-bond acceptors (Lipinski definition) is 6. The van der Waals surface area contributed by atoms with Gasteiger partial charge in [0.05, 0.1) is 17.1 Å². The highest BCUT2D eigenvalue weighted by atomic mass is 35.5. The first kappa shape index (κ1) is 20.2. The first-order chi connectivity index (χ1) is 12.8. The number of hydrogen-bond donors (Lipinski definition) is 1. The number of rotatable bonds is 7. The average Bonchev–Trinajstić information content (AvgIpc) is 2.63. The molecule has 1 atom stereocenters. The van der Waals surface area contributed by atoms with Crippen molar-refractivity contribution >= 4 is 34.9 Å². The summed E-state index contributed by atoms with van der Waals surface area (Å²) in [4.78, 5) is 34.5. The second-order valence-corrected chi connectivity index (χ2v) is 5.82. The van der Waals surface area contributed by atoms with Gasteiger partial charge in [-0.25, -0.2) is 4.79 Å². The molecule has 9 heteroatoms. The zero-order chi connectivity index (χ0) is 20.0. The molecule has 142 valence electrons. The van der Waals surface area contributed by atoms with Crippen molar-refractivity contribution in [2.45, 2.75) is 20.0 Å². The fourth-order valence-corrected chi connectivity index (χ4v) is 2.29. The minimum absolute atomic E-state index is 0.0770. The Kier molecular flexibility index (Phi) is 6.73. The van der Waals surface area contributed by atoms with E-state index < -0.39 is 28.6 Å². The van der Waals surface area contributed by atoms with Gasteiger partial charge in [0.2, 0.25) is 0 Å². The molecular weight excluding hydrogens is 376 g/mol. The standard InChI is InChI=1S/C18H17ClN2O6/c1-3-26-14-7-5-13(6-8-14)20-17(22)11(2)27-18(23)12-4-9-15(19)16(10-12)21(24)25/h4-11H,3H2,1-2H3,(H,20,22). The number of nitrogens with one attached hydrogen (secondary N) is 1. The summed E-state index contributed by atoms with van der Waals surface area (Å²) < 4.78 is 10.4. The van der Waals surface area contributed by atoms with Crippen LogP contribution in [0.2, 0.25) is 5.02 Å². The topological polar surface area (TPSA) is 108 Å². The van der Waals surface area contributed by atoms with Gasteiger partial charge in [-0.05, 0) is 50.2 Å². The van der Waals surface area contributed by atoms with Crippen molar-refractivity contribution in [3.63, 3.8) is 0 Å². The summed E-state index contributed by atoms with van der Waals surface area (Å²) >= 11 is 5.71. The number of nitrogens with zero attached hydrogens (tertiary/aromatic N) is 1. The molecule has 2 aromatic carbocycles. The lowest BCUT2D eigenvalue weighted by molar-refractivity contribution is -0.384. The predicted molar refractivity (Wildman–Crippen MR) is 99.2 cm³/mol. The molecule has 1 N–H and O–H groups in total. The normalized spacial score (nSPS) is 11.4. The Bertz CT molecular complexity index is 853. The van der Waals surface area contributed by atoms with E-state index in [-0.39, 0.29) is 10.6 Å². The van der Waals surface area contributed by atoms with E-state index in [1.54, 1.807) is 24.3 Å². The van der Waals surface area contributed by atoms with Gasteiger partial charge < -0.3 is 14.8 Å². The van der Waals surface area contributed by atoms with E-state index in [9.17, 15) is 19.7 Å². The van der Waals surface area contributed by atoms with Gasteiger partial charge in [0, 0.05) is 11.8 Å². The fraction of sp³-hybridized carbons (Fsp3) is 0.222. The molecule has 0 aromatic heterocycles. The van der Waals surface area contributed by atoms with Gasteiger partial charge in [-0.15, -0.1) is 0 Å². The van der Waals surface area contributed by atoms with Gasteiger partial charge in [0.15, 0.2) is 6.10 Å². The van der Waals surface area contributed by atoms with Crippen LogP contribution < -0.4 is 10.1 Å². The second-order valence-electron chi connectivity index (χ2n) is 5.42. The molecule has 0 aliphatic rings. The van der Waals surface area contributed by atoms with Crippen molar-refractivity contribution in [1.29, 1.82) is 0 Å². The summed E-state index contributed by atoms with van der Waals surface area (Å²) in [6, 6.07) is 10.2. The van der Waals surface area contributed by atoms with Gasteiger partial charge in [0.1, 0.15) is 10.8 Å². The van der Waals surface area contributed by atoms with Crippen molar-refractivity contribution in [2.24, 2.45) is 0 Å². The van der Waals surface area contributed by atoms with Crippen LogP contribution >= 0.6 is 11.6 Å². The van der Waals surface area contributed by atoms with Crippen LogP contribution in [0.5, 0.6) is 5.75 Å². The first-order valence-corrected chi connectivity index (χ1v) is 8.38. The average molecular weight is 393 g/mol. The number of ether oxygens (including phenoxy) is 2. The van der Waals surface area contributed by atoms with E-state index in [1.165, 1.54) is 19.1 Å². The largest absolute Gasteiger partial charge is 0.494 e. The molecule has 0 bridgehead atoms. The van der Waals surface area contributed by atoms with Gasteiger partial charge >= 0.3 is 5.97 Å². The number of nitro benzene ring substituents is 1. The molecule has 0 heterocycles. The Hall–Kier alpha value is -3.13. The molecule has 2 rings (SSSR count). The molecule has 0 radical (unpaired) electrons. The molecule has 0 aliphatic carbocycles. The highest BCUT2D eigenvalue weighted by Gasteiger charge is 2.22. The van der Waals surface area contributed by atoms with Crippen molar-refractivity contribution in [2.75, 3.05) is 11.9 Å². The Morgan fingerprint density at radius 1 is 1.22 bits per heavy atom. The highest BCUT2D eigenvalue weighted by molar-refractivity contribution is 6.32. The van der Waals surface area contributed by atoms with Crippen molar-refractivity contribution in [3.05, 3.63) is 63.2 Å². The maximum atomic E-state index is 12.2. The summed E-state index contributed by atoms with van der Waals surface area (Å²) in [5.74, 6) is -0.751. The highest BCUT2D eigenvalue weighted by Crippen LogP contribution is 2.25. The number of carbonyl (C=O) groups excluding carboxylic acids is 2. The predicted octanol–water partition coefficient (Wildman–Crippen LogP) is 3.83. The number of nitro groups is 1. The van der Waals surface area contributed by atoms with Gasteiger partial charge in [-0.2, -0.15) is 0 Å². The SMILES string of the molecule is CCOc1ccc(NC(=O)C(C)OC(=O)c2ccc(Cl)c([N+](=O)[O-])c2)cc1. The summed E-state index contributed by atoms with van der Waals surface area (Å²) in [5.41, 5.74) is 0.0120. The quantitative estimate of drug-likeness (QED) is 0.436. The van der Waals surface area contributed by atoms with Gasteiger partial charge in [0.25, 0.3) is 11.6 Å². The zero-order valence-electron chi connectivity index (χ0n) is 14.6. The third-order valence-corrected chi connectivity index (χ3v) is 3.78. The molecule has 0 fully saturated rings. The van der Waals surface area contributed by atoms with Crippen molar-refractivity contribution in [3.8, 4) is 5.75 Å². The molecule has 27 heavy (non-hydrogen) atoms. The van der Waals surface area contributed by atoms with E-state index in [4.69, 9.17) is 21.1 Å². The molecule has 8 nitrogen and oxygen atoms in total. The van der Waals surface area contributed by atoms with Crippen LogP contribution in [0.1, 0.15) is 24.2 Å². The lowest BCUT2D eigenvalue weighted by Crippen LogP contribution is -2.30. The second kappa shape index (κ2) is 9.00. The number of benzene rings is 2. The van der Waals surface area contributed by atoms with E-state index >= 15 is 0 Å². The van der Waals surface area contributed by atoms with Gasteiger partial charge in [-0.1, -0.05) is 11.6 Å². The van der Waals surface area contributed by atoms with Crippen LogP contribution in [0.25, 0.3) is 0 Å². The number of halogens is 1. The maximum Gasteiger partial charge on any atom is 0.339 e. The Labute approximate surface area is 160 Å². The van der Waals surface area contributed by atoms with Crippen molar-refractivity contribution in [1.82, 2.24) is 0 Å². The minimum atomic E-state index is -1.11. The third-order valence-electron chi connectivity index (χ3n) is 3.46. The Morgan fingerprint density at radius 2 is 1.89 bits per heavy atom. The van der Waals surface area contributed by atoms with Crippen LogP contribution in [-0.4, -0.2) is 29.5 Å². The minimum Gasteiger partial charge on any atom is -0.494 e. The Morgan fingerprint density at radius 3 is 2.48 bits per heavy atom. The number of esters is 1. The number of amides is 1. The van der Waals surface area contributed by atoms with Crippen LogP contribution in [0, 0.1) is 10.1 Å². The van der Waals surface area contributed by atoms with E-state index in [0.29, 0.717) is 18.0 Å². The smallest absolute Gasteiger partial charge is 0.339 e. The van der Waals surface area contributed by atoms with Crippen LogP contribution in [0.4, 0.5) is 11.4 Å². The molecule has 0 spiro atoms. The van der Waals surface area contributed by atoms with E-state index in [1.807, 2.05) is 6.92 Å². The third kappa shape index (κ3) is 5.42.